The summed E-state index contributed by atoms with van der Waals surface area (Å²) in [7, 11) is 0. The van der Waals surface area contributed by atoms with Crippen LogP contribution >= 0.6 is 0 Å². The van der Waals surface area contributed by atoms with Crippen molar-refractivity contribution in [2.45, 2.75) is 57.4 Å². The van der Waals surface area contributed by atoms with E-state index in [1.165, 1.54) is 37.7 Å². The molecule has 1 aromatic rings. The maximum Gasteiger partial charge on any atom is 0.0295 e. The van der Waals surface area contributed by atoms with Gasteiger partial charge in [-0.05, 0) is 80.1 Å². The summed E-state index contributed by atoms with van der Waals surface area (Å²) in [5, 5.41) is 0. The molecule has 1 nitrogen and oxygen atoms in total. The minimum absolute atomic E-state index is 0.240. The molecule has 4 saturated carbocycles. The molecule has 4 fully saturated rings. The molecule has 1 heteroatoms. The topological polar surface area (TPSA) is 26.0 Å². The van der Waals surface area contributed by atoms with Crippen LogP contribution in [0.15, 0.2) is 30.3 Å². The fraction of sp³-hybridized carbons (Fsp3) is 0.684. The van der Waals surface area contributed by atoms with Gasteiger partial charge >= 0.3 is 0 Å². The van der Waals surface area contributed by atoms with Gasteiger partial charge in [0, 0.05) is 6.04 Å². The number of hydrogen-bond donors (Lipinski definition) is 1. The molecule has 0 saturated heterocycles. The van der Waals surface area contributed by atoms with Crippen molar-refractivity contribution in [1.29, 1.82) is 0 Å². The highest BCUT2D eigenvalue weighted by molar-refractivity contribution is 5.18. The number of rotatable bonds is 4. The van der Waals surface area contributed by atoms with Crippen molar-refractivity contribution >= 4 is 0 Å². The molecule has 1 aromatic carbocycles. The third-order valence-corrected chi connectivity index (χ3v) is 6.38. The van der Waals surface area contributed by atoms with Crippen molar-refractivity contribution in [3.05, 3.63) is 35.9 Å². The van der Waals surface area contributed by atoms with Crippen molar-refractivity contribution < 1.29 is 0 Å². The molecule has 1 unspecified atom stereocenters. The smallest absolute Gasteiger partial charge is 0.0295 e. The first-order valence-electron chi connectivity index (χ1n) is 8.53. The Balaban J connectivity index is 1.42. The average Bonchev–Trinajstić information content (AvgIpc) is 2.44. The lowest BCUT2D eigenvalue weighted by molar-refractivity contribution is -0.0588. The largest absolute Gasteiger partial charge is 0.324 e. The summed E-state index contributed by atoms with van der Waals surface area (Å²) in [5.41, 5.74) is 8.42. The lowest BCUT2D eigenvalue weighted by Crippen LogP contribution is -2.46. The summed E-state index contributed by atoms with van der Waals surface area (Å²) < 4.78 is 0. The predicted octanol–water partition coefficient (Wildman–Crippen LogP) is 4.68. The Kier molecular flexibility index (Phi) is 3.14. The van der Waals surface area contributed by atoms with Gasteiger partial charge in [-0.3, -0.25) is 0 Å². The van der Waals surface area contributed by atoms with E-state index < -0.39 is 0 Å². The highest BCUT2D eigenvalue weighted by atomic mass is 14.6. The van der Waals surface area contributed by atoms with E-state index in [0.29, 0.717) is 5.41 Å². The third-order valence-electron chi connectivity index (χ3n) is 6.38. The van der Waals surface area contributed by atoms with Gasteiger partial charge in [-0.15, -0.1) is 0 Å². The Morgan fingerprint density at radius 3 is 2.05 bits per heavy atom. The van der Waals surface area contributed by atoms with Crippen LogP contribution in [0.3, 0.4) is 0 Å². The van der Waals surface area contributed by atoms with Gasteiger partial charge in [0.1, 0.15) is 0 Å². The standard InChI is InChI=1S/C19H27N/c20-18(17-4-2-1-3-5-17)6-7-19-11-14-8-15(12-19)10-16(9-14)13-19/h1-5,14-16,18H,6-13,20H2. The van der Waals surface area contributed by atoms with Crippen LogP contribution in [0.25, 0.3) is 0 Å². The van der Waals surface area contributed by atoms with Crippen molar-refractivity contribution in [3.8, 4) is 0 Å². The molecular weight excluding hydrogens is 242 g/mol. The fourth-order valence-electron chi connectivity index (χ4n) is 5.92. The number of benzene rings is 1. The van der Waals surface area contributed by atoms with Crippen LogP contribution in [-0.2, 0) is 0 Å². The maximum absolute atomic E-state index is 6.42. The SMILES string of the molecule is NC(CCC12CC3CC(CC(C3)C1)C2)c1ccccc1. The van der Waals surface area contributed by atoms with E-state index in [-0.39, 0.29) is 6.04 Å². The Morgan fingerprint density at radius 2 is 1.50 bits per heavy atom. The van der Waals surface area contributed by atoms with Crippen LogP contribution in [0, 0.1) is 23.2 Å². The average molecular weight is 269 g/mol. The van der Waals surface area contributed by atoms with Gasteiger partial charge in [-0.25, -0.2) is 0 Å². The highest BCUT2D eigenvalue weighted by Gasteiger charge is 2.50. The summed E-state index contributed by atoms with van der Waals surface area (Å²) in [6.07, 6.45) is 11.7. The van der Waals surface area contributed by atoms with Gasteiger partial charge in [-0.1, -0.05) is 30.3 Å². The van der Waals surface area contributed by atoms with Crippen LogP contribution in [0.2, 0.25) is 0 Å². The molecule has 5 rings (SSSR count). The van der Waals surface area contributed by atoms with E-state index in [4.69, 9.17) is 5.73 Å². The van der Waals surface area contributed by atoms with E-state index in [9.17, 15) is 0 Å². The number of hydrogen-bond acceptors (Lipinski definition) is 1. The Labute approximate surface area is 122 Å². The van der Waals surface area contributed by atoms with Crippen LogP contribution in [0.5, 0.6) is 0 Å². The van der Waals surface area contributed by atoms with Gasteiger partial charge in [0.2, 0.25) is 0 Å². The zero-order valence-electron chi connectivity index (χ0n) is 12.4. The minimum Gasteiger partial charge on any atom is -0.324 e. The Hall–Kier alpha value is -0.820. The van der Waals surface area contributed by atoms with E-state index in [1.54, 1.807) is 19.3 Å². The molecule has 0 amide bonds. The molecular formula is C19H27N. The van der Waals surface area contributed by atoms with Crippen molar-refractivity contribution in [3.63, 3.8) is 0 Å². The lowest BCUT2D eigenvalue weighted by atomic mass is 9.48. The van der Waals surface area contributed by atoms with Crippen molar-refractivity contribution in [1.82, 2.24) is 0 Å². The summed E-state index contributed by atoms with van der Waals surface area (Å²) in [6.45, 7) is 0. The molecule has 4 bridgehead atoms. The van der Waals surface area contributed by atoms with Gasteiger partial charge in [0.25, 0.3) is 0 Å². The second-order valence-corrected chi connectivity index (χ2v) is 7.97. The summed E-state index contributed by atoms with van der Waals surface area (Å²) in [6, 6.07) is 10.9. The monoisotopic (exact) mass is 269 g/mol. The molecule has 4 aliphatic rings. The predicted molar refractivity (Wildman–Crippen MR) is 83.2 cm³/mol. The second-order valence-electron chi connectivity index (χ2n) is 7.97. The lowest BCUT2D eigenvalue weighted by Gasteiger charge is -2.57. The van der Waals surface area contributed by atoms with Gasteiger partial charge < -0.3 is 5.73 Å². The summed E-state index contributed by atoms with van der Waals surface area (Å²) >= 11 is 0. The van der Waals surface area contributed by atoms with E-state index in [0.717, 1.165) is 17.8 Å². The molecule has 0 heterocycles. The van der Waals surface area contributed by atoms with Gasteiger partial charge in [0.15, 0.2) is 0 Å². The van der Waals surface area contributed by atoms with E-state index in [1.807, 2.05) is 0 Å². The zero-order valence-corrected chi connectivity index (χ0v) is 12.4. The Bertz CT molecular complexity index is 429. The first-order valence-corrected chi connectivity index (χ1v) is 8.53. The molecule has 0 aliphatic heterocycles. The van der Waals surface area contributed by atoms with E-state index >= 15 is 0 Å². The molecule has 4 aliphatic carbocycles. The van der Waals surface area contributed by atoms with Crippen molar-refractivity contribution in [2.24, 2.45) is 28.9 Å². The van der Waals surface area contributed by atoms with Crippen LogP contribution < -0.4 is 5.73 Å². The normalized spacial score (nSPS) is 40.0. The Morgan fingerprint density at radius 1 is 0.950 bits per heavy atom. The fourth-order valence-corrected chi connectivity index (χ4v) is 5.92. The summed E-state index contributed by atoms with van der Waals surface area (Å²) in [5.74, 6) is 3.19. The third kappa shape index (κ3) is 2.30. The van der Waals surface area contributed by atoms with Gasteiger partial charge in [0.05, 0.1) is 0 Å². The van der Waals surface area contributed by atoms with Crippen molar-refractivity contribution in [2.75, 3.05) is 0 Å². The molecule has 0 aromatic heterocycles. The summed E-state index contributed by atoms with van der Waals surface area (Å²) in [4.78, 5) is 0. The van der Waals surface area contributed by atoms with E-state index in [2.05, 4.69) is 30.3 Å². The van der Waals surface area contributed by atoms with Crippen LogP contribution in [-0.4, -0.2) is 0 Å². The molecule has 0 radical (unpaired) electrons. The minimum atomic E-state index is 0.240. The molecule has 1 atom stereocenters. The first-order chi connectivity index (χ1) is 9.72. The molecule has 20 heavy (non-hydrogen) atoms. The highest BCUT2D eigenvalue weighted by Crippen LogP contribution is 2.61. The van der Waals surface area contributed by atoms with Crippen LogP contribution in [0.1, 0.15) is 63.0 Å². The zero-order chi connectivity index (χ0) is 13.6. The number of nitrogens with two attached hydrogens (primary N) is 1. The quantitative estimate of drug-likeness (QED) is 0.843. The first kappa shape index (κ1) is 12.9. The maximum atomic E-state index is 6.42. The van der Waals surface area contributed by atoms with Gasteiger partial charge in [-0.2, -0.15) is 0 Å². The molecule has 0 spiro atoms. The molecule has 2 N–H and O–H groups in total. The molecule has 108 valence electrons. The van der Waals surface area contributed by atoms with Crippen LogP contribution in [0.4, 0.5) is 0 Å². The second kappa shape index (κ2) is 4.87.